The normalized spacial score (nSPS) is 19.3. The third-order valence-electron chi connectivity index (χ3n) is 4.03. The molecule has 0 spiro atoms. The number of benzene rings is 1. The van der Waals surface area contributed by atoms with Gasteiger partial charge in [-0.1, -0.05) is 28.1 Å². The van der Waals surface area contributed by atoms with E-state index in [1.165, 1.54) is 19.3 Å². The summed E-state index contributed by atoms with van der Waals surface area (Å²) in [7, 11) is 1.82. The fourth-order valence-electron chi connectivity index (χ4n) is 2.74. The first kappa shape index (κ1) is 13.1. The van der Waals surface area contributed by atoms with Gasteiger partial charge in [-0.25, -0.2) is 4.98 Å². The van der Waals surface area contributed by atoms with E-state index in [-0.39, 0.29) is 5.60 Å². The standard InChI is InChI=1S/C15H18BrNO2/c1-18-15(7-4-8-15)10-11(16)9-14-17-12-5-2-3-6-13(12)19-14/h2-3,5-6,11H,4,7-10H2,1H3. The fraction of sp³-hybridized carbons (Fsp3) is 0.533. The molecule has 1 aliphatic carbocycles. The van der Waals surface area contributed by atoms with E-state index in [1.807, 2.05) is 31.4 Å². The zero-order chi connectivity index (χ0) is 13.3. The molecule has 2 aromatic rings. The highest BCUT2D eigenvalue weighted by Gasteiger charge is 2.38. The predicted molar refractivity (Wildman–Crippen MR) is 78.6 cm³/mol. The van der Waals surface area contributed by atoms with Crippen LogP contribution in [0.15, 0.2) is 28.7 Å². The summed E-state index contributed by atoms with van der Waals surface area (Å²) in [5, 5.41) is 0. The maximum Gasteiger partial charge on any atom is 0.196 e. The average molecular weight is 324 g/mol. The van der Waals surface area contributed by atoms with Gasteiger partial charge in [-0.3, -0.25) is 0 Å². The van der Waals surface area contributed by atoms with Crippen LogP contribution in [0.5, 0.6) is 0 Å². The third kappa shape index (κ3) is 2.70. The van der Waals surface area contributed by atoms with Gasteiger partial charge < -0.3 is 9.15 Å². The lowest BCUT2D eigenvalue weighted by Crippen LogP contribution is -2.41. The topological polar surface area (TPSA) is 35.3 Å². The van der Waals surface area contributed by atoms with E-state index < -0.39 is 0 Å². The summed E-state index contributed by atoms with van der Waals surface area (Å²) >= 11 is 3.74. The van der Waals surface area contributed by atoms with Crippen LogP contribution < -0.4 is 0 Å². The molecule has 0 saturated heterocycles. The Morgan fingerprint density at radius 2 is 2.21 bits per heavy atom. The van der Waals surface area contributed by atoms with E-state index in [9.17, 15) is 0 Å². The molecule has 0 bridgehead atoms. The van der Waals surface area contributed by atoms with Crippen LogP contribution in [0.3, 0.4) is 0 Å². The van der Waals surface area contributed by atoms with E-state index in [4.69, 9.17) is 9.15 Å². The number of nitrogens with zero attached hydrogens (tertiary/aromatic N) is 1. The van der Waals surface area contributed by atoms with Crippen molar-refractivity contribution < 1.29 is 9.15 Å². The van der Waals surface area contributed by atoms with Gasteiger partial charge in [0.25, 0.3) is 0 Å². The first-order chi connectivity index (χ1) is 9.21. The van der Waals surface area contributed by atoms with Crippen molar-refractivity contribution in [3.8, 4) is 0 Å². The second-order valence-corrected chi connectivity index (χ2v) is 6.62. The summed E-state index contributed by atoms with van der Waals surface area (Å²) < 4.78 is 11.4. The number of ether oxygens (including phenoxy) is 1. The van der Waals surface area contributed by atoms with Crippen molar-refractivity contribution in [1.82, 2.24) is 4.98 Å². The van der Waals surface area contributed by atoms with Crippen LogP contribution >= 0.6 is 15.9 Å². The molecule has 1 aromatic heterocycles. The summed E-state index contributed by atoms with van der Waals surface area (Å²) in [4.78, 5) is 4.86. The van der Waals surface area contributed by atoms with Crippen LogP contribution in [0, 0.1) is 0 Å². The minimum Gasteiger partial charge on any atom is -0.441 e. The Hall–Kier alpha value is -0.870. The minimum atomic E-state index is 0.0835. The van der Waals surface area contributed by atoms with Gasteiger partial charge in [-0.2, -0.15) is 0 Å². The van der Waals surface area contributed by atoms with Crippen molar-refractivity contribution in [1.29, 1.82) is 0 Å². The molecule has 19 heavy (non-hydrogen) atoms. The lowest BCUT2D eigenvalue weighted by atomic mass is 9.76. The summed E-state index contributed by atoms with van der Waals surface area (Å²) in [6.45, 7) is 0. The van der Waals surface area contributed by atoms with Crippen LogP contribution in [0.2, 0.25) is 0 Å². The molecule has 0 radical (unpaired) electrons. The van der Waals surface area contributed by atoms with Gasteiger partial charge >= 0.3 is 0 Å². The van der Waals surface area contributed by atoms with E-state index in [1.54, 1.807) is 0 Å². The van der Waals surface area contributed by atoms with Crippen molar-refractivity contribution in [2.45, 2.75) is 42.5 Å². The number of halogens is 1. The van der Waals surface area contributed by atoms with Gasteiger partial charge in [-0.15, -0.1) is 0 Å². The Bertz CT molecular complexity index is 524. The molecule has 102 valence electrons. The van der Waals surface area contributed by atoms with E-state index in [2.05, 4.69) is 20.9 Å². The molecule has 1 atom stereocenters. The smallest absolute Gasteiger partial charge is 0.196 e. The summed E-state index contributed by atoms with van der Waals surface area (Å²) in [6.07, 6.45) is 5.43. The van der Waals surface area contributed by atoms with Crippen LogP contribution in [-0.2, 0) is 11.2 Å². The zero-order valence-corrected chi connectivity index (χ0v) is 12.6. The van der Waals surface area contributed by atoms with Crippen molar-refractivity contribution >= 4 is 27.0 Å². The molecule has 4 heteroatoms. The lowest BCUT2D eigenvalue weighted by Gasteiger charge is -2.41. The molecule has 1 heterocycles. The number of rotatable bonds is 5. The van der Waals surface area contributed by atoms with Gasteiger partial charge in [-0.05, 0) is 37.8 Å². The van der Waals surface area contributed by atoms with Crippen LogP contribution in [0.4, 0.5) is 0 Å². The van der Waals surface area contributed by atoms with E-state index in [0.717, 1.165) is 29.8 Å². The first-order valence-corrected chi connectivity index (χ1v) is 7.66. The minimum absolute atomic E-state index is 0.0835. The van der Waals surface area contributed by atoms with Crippen molar-refractivity contribution in [2.75, 3.05) is 7.11 Å². The Labute approximate surface area is 121 Å². The lowest BCUT2D eigenvalue weighted by molar-refractivity contribution is -0.0772. The van der Waals surface area contributed by atoms with Crippen LogP contribution in [-0.4, -0.2) is 22.5 Å². The third-order valence-corrected chi connectivity index (χ3v) is 4.67. The molecule has 1 unspecified atom stereocenters. The maximum atomic E-state index is 5.76. The van der Waals surface area contributed by atoms with Crippen molar-refractivity contribution in [3.63, 3.8) is 0 Å². The number of aromatic nitrogens is 1. The van der Waals surface area contributed by atoms with Crippen LogP contribution in [0.1, 0.15) is 31.6 Å². The highest BCUT2D eigenvalue weighted by atomic mass is 79.9. The molecule has 0 aliphatic heterocycles. The number of alkyl halides is 1. The second-order valence-electron chi connectivity index (χ2n) is 5.32. The van der Waals surface area contributed by atoms with Crippen molar-refractivity contribution in [2.24, 2.45) is 0 Å². The summed E-state index contributed by atoms with van der Waals surface area (Å²) in [6, 6.07) is 7.89. The number of hydrogen-bond donors (Lipinski definition) is 0. The Kier molecular flexibility index (Phi) is 3.63. The number of para-hydroxylation sites is 2. The highest BCUT2D eigenvalue weighted by molar-refractivity contribution is 9.09. The van der Waals surface area contributed by atoms with Gasteiger partial charge in [0.1, 0.15) is 5.52 Å². The molecule has 3 nitrogen and oxygen atoms in total. The number of fused-ring (bicyclic) bond motifs is 1. The SMILES string of the molecule is COC1(CC(Br)Cc2nc3ccccc3o2)CCC1. The van der Waals surface area contributed by atoms with Crippen LogP contribution in [0.25, 0.3) is 11.1 Å². The Balaban J connectivity index is 1.67. The van der Waals surface area contributed by atoms with Gasteiger partial charge in [0.05, 0.1) is 5.60 Å². The molecule has 1 aromatic carbocycles. The molecular weight excluding hydrogens is 306 g/mol. The van der Waals surface area contributed by atoms with Crippen molar-refractivity contribution in [3.05, 3.63) is 30.2 Å². The quantitative estimate of drug-likeness (QED) is 0.777. The maximum absolute atomic E-state index is 5.76. The largest absolute Gasteiger partial charge is 0.441 e. The number of oxazole rings is 1. The Morgan fingerprint density at radius 1 is 1.42 bits per heavy atom. The molecule has 3 rings (SSSR count). The number of hydrogen-bond acceptors (Lipinski definition) is 3. The predicted octanol–water partition coefficient (Wildman–Crippen LogP) is 4.09. The molecule has 1 aliphatic rings. The second kappa shape index (κ2) is 5.25. The van der Waals surface area contributed by atoms with E-state index >= 15 is 0 Å². The summed E-state index contributed by atoms with van der Waals surface area (Å²) in [5.41, 5.74) is 1.88. The molecular formula is C15H18BrNO2. The molecule has 0 N–H and O–H groups in total. The van der Waals surface area contributed by atoms with Gasteiger partial charge in [0, 0.05) is 18.4 Å². The zero-order valence-electron chi connectivity index (χ0n) is 11.1. The fourth-order valence-corrected chi connectivity index (χ4v) is 3.60. The highest BCUT2D eigenvalue weighted by Crippen LogP contribution is 2.40. The first-order valence-electron chi connectivity index (χ1n) is 6.74. The van der Waals surface area contributed by atoms with Gasteiger partial charge in [0.15, 0.2) is 11.5 Å². The Morgan fingerprint density at radius 3 is 2.84 bits per heavy atom. The molecule has 1 fully saturated rings. The number of methoxy groups -OCH3 is 1. The average Bonchev–Trinajstić information content (AvgIpc) is 2.75. The van der Waals surface area contributed by atoms with Gasteiger partial charge in [0.2, 0.25) is 0 Å². The monoisotopic (exact) mass is 323 g/mol. The summed E-state index contributed by atoms with van der Waals surface area (Å²) in [5.74, 6) is 0.800. The molecule has 1 saturated carbocycles. The van der Waals surface area contributed by atoms with E-state index in [0.29, 0.717) is 4.83 Å². The molecule has 0 amide bonds.